The van der Waals surface area contributed by atoms with Gasteiger partial charge >= 0.3 is 0 Å². The Balaban J connectivity index is 2.17. The summed E-state index contributed by atoms with van der Waals surface area (Å²) in [4.78, 5) is 12.8. The molecule has 2 aromatic rings. The van der Waals surface area contributed by atoms with Gasteiger partial charge in [-0.05, 0) is 62.7 Å². The summed E-state index contributed by atoms with van der Waals surface area (Å²) in [5.41, 5.74) is 1.29. The maximum absolute atomic E-state index is 12.8. The fourth-order valence-corrected chi connectivity index (χ4v) is 4.15. The molecular formula is C21H28N2O5S. The van der Waals surface area contributed by atoms with E-state index in [0.717, 1.165) is 21.9 Å². The first kappa shape index (κ1) is 22.5. The topological polar surface area (TPSA) is 84.9 Å². The molecule has 0 radical (unpaired) electrons. The maximum atomic E-state index is 12.8. The Hall–Kier alpha value is -2.74. The first-order valence-corrected chi connectivity index (χ1v) is 11.2. The van der Waals surface area contributed by atoms with Crippen molar-refractivity contribution >= 4 is 21.6 Å². The quantitative estimate of drug-likeness (QED) is 0.674. The maximum Gasteiger partial charge on any atom is 0.244 e. The van der Waals surface area contributed by atoms with Gasteiger partial charge in [0.25, 0.3) is 0 Å². The zero-order chi connectivity index (χ0) is 21.6. The predicted octanol–water partition coefficient (Wildman–Crippen LogP) is 3.13. The third-order valence-electron chi connectivity index (χ3n) is 4.47. The van der Waals surface area contributed by atoms with Crippen LogP contribution in [0.5, 0.6) is 11.5 Å². The molecule has 1 N–H and O–H groups in total. The fourth-order valence-electron chi connectivity index (χ4n) is 2.97. The molecule has 2 aromatic carbocycles. The van der Waals surface area contributed by atoms with E-state index in [4.69, 9.17) is 9.47 Å². The highest BCUT2D eigenvalue weighted by atomic mass is 32.2. The van der Waals surface area contributed by atoms with Crippen LogP contribution in [0.3, 0.4) is 0 Å². The van der Waals surface area contributed by atoms with E-state index >= 15 is 0 Å². The summed E-state index contributed by atoms with van der Waals surface area (Å²) in [6, 6.07) is 12.7. The highest BCUT2D eigenvalue weighted by Crippen LogP contribution is 2.24. The minimum absolute atomic E-state index is 0.294. The first-order valence-electron chi connectivity index (χ1n) is 9.34. The molecule has 0 aliphatic carbocycles. The smallest absolute Gasteiger partial charge is 0.244 e. The summed E-state index contributed by atoms with van der Waals surface area (Å²) < 4.78 is 36.4. The molecule has 0 saturated carbocycles. The van der Waals surface area contributed by atoms with Crippen molar-refractivity contribution in [2.45, 2.75) is 32.9 Å². The normalized spacial score (nSPS) is 13.3. The highest BCUT2D eigenvalue weighted by molar-refractivity contribution is 7.92. The van der Waals surface area contributed by atoms with Crippen molar-refractivity contribution in [3.05, 3.63) is 54.1 Å². The first-order chi connectivity index (χ1) is 13.7. The van der Waals surface area contributed by atoms with E-state index in [2.05, 4.69) is 5.32 Å². The van der Waals surface area contributed by atoms with Gasteiger partial charge in [-0.15, -0.1) is 0 Å². The zero-order valence-electron chi connectivity index (χ0n) is 17.4. The van der Waals surface area contributed by atoms with E-state index in [1.54, 1.807) is 31.2 Å². The van der Waals surface area contributed by atoms with E-state index in [0.29, 0.717) is 18.0 Å². The van der Waals surface area contributed by atoms with Crippen molar-refractivity contribution < 1.29 is 22.7 Å². The van der Waals surface area contributed by atoms with Crippen LogP contribution in [-0.4, -0.2) is 40.3 Å². The van der Waals surface area contributed by atoms with Crippen LogP contribution in [0.2, 0.25) is 0 Å². The van der Waals surface area contributed by atoms with Crippen LogP contribution in [0.4, 0.5) is 5.69 Å². The van der Waals surface area contributed by atoms with Crippen LogP contribution < -0.4 is 19.1 Å². The monoisotopic (exact) mass is 420 g/mol. The molecule has 8 heteroatoms. The molecule has 0 aliphatic rings. The van der Waals surface area contributed by atoms with Crippen LogP contribution in [0, 0.1) is 0 Å². The highest BCUT2D eigenvalue weighted by Gasteiger charge is 2.29. The SMILES string of the molecule is CCOc1ccc([C@@H](C)NC(=O)[C@H](C)N(c2ccc(OC)cc2)S(C)(=O)=O)cc1. The van der Waals surface area contributed by atoms with Crippen molar-refractivity contribution in [2.75, 3.05) is 24.3 Å². The summed E-state index contributed by atoms with van der Waals surface area (Å²) >= 11 is 0. The lowest BCUT2D eigenvalue weighted by Gasteiger charge is -2.29. The van der Waals surface area contributed by atoms with Crippen LogP contribution in [-0.2, 0) is 14.8 Å². The summed E-state index contributed by atoms with van der Waals surface area (Å²) in [6.07, 6.45) is 1.08. The summed E-state index contributed by atoms with van der Waals surface area (Å²) in [5, 5.41) is 2.88. The van der Waals surface area contributed by atoms with Crippen LogP contribution in [0.15, 0.2) is 48.5 Å². The Morgan fingerprint density at radius 2 is 1.59 bits per heavy atom. The fraction of sp³-hybridized carbons (Fsp3) is 0.381. The molecule has 0 bridgehead atoms. The van der Waals surface area contributed by atoms with Crippen molar-refractivity contribution in [3.8, 4) is 11.5 Å². The lowest BCUT2D eigenvalue weighted by molar-refractivity contribution is -0.122. The average molecular weight is 421 g/mol. The summed E-state index contributed by atoms with van der Waals surface area (Å²) in [5.74, 6) is 0.960. The largest absolute Gasteiger partial charge is 0.497 e. The molecule has 0 aromatic heterocycles. The molecule has 0 spiro atoms. The van der Waals surface area contributed by atoms with E-state index in [-0.39, 0.29) is 6.04 Å². The number of carbonyl (C=O) groups is 1. The van der Waals surface area contributed by atoms with Gasteiger partial charge in [-0.25, -0.2) is 8.42 Å². The molecule has 0 fully saturated rings. The summed E-state index contributed by atoms with van der Waals surface area (Å²) in [6.45, 7) is 5.90. The second-order valence-electron chi connectivity index (χ2n) is 6.67. The zero-order valence-corrected chi connectivity index (χ0v) is 18.2. The Kier molecular flexibility index (Phi) is 7.50. The number of methoxy groups -OCH3 is 1. The second-order valence-corrected chi connectivity index (χ2v) is 8.52. The Labute approximate surface area is 172 Å². The van der Waals surface area contributed by atoms with Crippen molar-refractivity contribution in [1.29, 1.82) is 0 Å². The van der Waals surface area contributed by atoms with Crippen LogP contribution in [0.25, 0.3) is 0 Å². The third-order valence-corrected chi connectivity index (χ3v) is 5.71. The predicted molar refractivity (Wildman–Crippen MR) is 114 cm³/mol. The third kappa shape index (κ3) is 5.87. The number of rotatable bonds is 9. The number of benzene rings is 2. The molecule has 2 atom stereocenters. The lowest BCUT2D eigenvalue weighted by atomic mass is 10.1. The molecule has 0 saturated heterocycles. The molecule has 0 heterocycles. The molecule has 7 nitrogen and oxygen atoms in total. The Morgan fingerprint density at radius 3 is 2.07 bits per heavy atom. The van der Waals surface area contributed by atoms with Gasteiger partial charge in [-0.1, -0.05) is 12.1 Å². The number of hydrogen-bond acceptors (Lipinski definition) is 5. The molecule has 2 rings (SSSR count). The van der Waals surface area contributed by atoms with Gasteiger partial charge in [0, 0.05) is 0 Å². The van der Waals surface area contributed by atoms with Gasteiger partial charge in [-0.2, -0.15) is 0 Å². The van der Waals surface area contributed by atoms with Crippen molar-refractivity contribution in [3.63, 3.8) is 0 Å². The average Bonchev–Trinajstić information content (AvgIpc) is 2.68. The van der Waals surface area contributed by atoms with E-state index < -0.39 is 22.0 Å². The minimum Gasteiger partial charge on any atom is -0.497 e. The van der Waals surface area contributed by atoms with Gasteiger partial charge in [0.15, 0.2) is 0 Å². The number of amides is 1. The number of hydrogen-bond donors (Lipinski definition) is 1. The van der Waals surface area contributed by atoms with E-state index in [1.807, 2.05) is 38.1 Å². The molecular weight excluding hydrogens is 392 g/mol. The number of anilines is 1. The van der Waals surface area contributed by atoms with Crippen LogP contribution >= 0.6 is 0 Å². The Bertz CT molecular complexity index is 911. The number of nitrogens with zero attached hydrogens (tertiary/aromatic N) is 1. The number of carbonyl (C=O) groups excluding carboxylic acids is 1. The molecule has 1 amide bonds. The number of nitrogens with one attached hydrogen (secondary N) is 1. The van der Waals surface area contributed by atoms with Crippen molar-refractivity contribution in [2.24, 2.45) is 0 Å². The van der Waals surface area contributed by atoms with Gasteiger partial charge in [-0.3, -0.25) is 9.10 Å². The van der Waals surface area contributed by atoms with Gasteiger partial charge < -0.3 is 14.8 Å². The second kappa shape index (κ2) is 9.65. The lowest BCUT2D eigenvalue weighted by Crippen LogP contribution is -2.48. The van der Waals surface area contributed by atoms with Crippen LogP contribution in [0.1, 0.15) is 32.4 Å². The molecule has 158 valence electrons. The minimum atomic E-state index is -3.68. The standard InChI is InChI=1S/C21H28N2O5S/c1-6-28-20-11-7-17(8-12-20)15(2)22-21(24)16(3)23(29(5,25)26)18-9-13-19(27-4)14-10-18/h7-16H,6H2,1-5H3,(H,22,24)/t15-,16+/m1/s1. The molecule has 0 unspecified atom stereocenters. The Morgan fingerprint density at radius 1 is 1.03 bits per heavy atom. The molecule has 29 heavy (non-hydrogen) atoms. The van der Waals surface area contributed by atoms with Gasteiger partial charge in [0.1, 0.15) is 17.5 Å². The van der Waals surface area contributed by atoms with Gasteiger partial charge in [0.2, 0.25) is 15.9 Å². The van der Waals surface area contributed by atoms with Gasteiger partial charge in [0.05, 0.1) is 31.7 Å². The van der Waals surface area contributed by atoms with E-state index in [9.17, 15) is 13.2 Å². The van der Waals surface area contributed by atoms with E-state index in [1.165, 1.54) is 7.11 Å². The number of ether oxygens (including phenoxy) is 2. The summed E-state index contributed by atoms with van der Waals surface area (Å²) in [7, 11) is -2.15. The molecule has 0 aliphatic heterocycles. The van der Waals surface area contributed by atoms with Crippen molar-refractivity contribution in [1.82, 2.24) is 5.32 Å². The number of sulfonamides is 1.